The van der Waals surface area contributed by atoms with Gasteiger partial charge in [0.05, 0.1) is 0 Å². The van der Waals surface area contributed by atoms with Crippen LogP contribution in [0.2, 0.25) is 0 Å². The molecule has 16 heavy (non-hydrogen) atoms. The van der Waals surface area contributed by atoms with E-state index >= 15 is 0 Å². The molecule has 0 bridgehead atoms. The van der Waals surface area contributed by atoms with Crippen LogP contribution in [0.3, 0.4) is 0 Å². The van der Waals surface area contributed by atoms with Crippen LogP contribution in [0.25, 0.3) is 0 Å². The second-order valence-corrected chi connectivity index (χ2v) is 5.59. The van der Waals surface area contributed by atoms with Crippen LogP contribution in [0.5, 0.6) is 0 Å². The van der Waals surface area contributed by atoms with E-state index in [1.807, 2.05) is 0 Å². The molecule has 0 heterocycles. The normalized spacial score (nSPS) is 30.6. The van der Waals surface area contributed by atoms with Gasteiger partial charge in [-0.05, 0) is 57.4 Å². The van der Waals surface area contributed by atoms with E-state index < -0.39 is 0 Å². The van der Waals surface area contributed by atoms with Gasteiger partial charge in [0.15, 0.2) is 0 Å². The highest BCUT2D eigenvalue weighted by atomic mass is 14.9. The first-order chi connectivity index (χ1) is 7.95. The average Bonchev–Trinajstić information content (AvgIpc) is 2.29. The molecule has 0 aromatic rings. The van der Waals surface area contributed by atoms with Crippen molar-refractivity contribution in [2.24, 2.45) is 5.92 Å². The number of hydrogen-bond acceptors (Lipinski definition) is 1. The molecule has 2 aliphatic carbocycles. The van der Waals surface area contributed by atoms with E-state index in [1.54, 1.807) is 0 Å². The molecule has 0 saturated heterocycles. The molecule has 2 rings (SSSR count). The van der Waals surface area contributed by atoms with Gasteiger partial charge < -0.3 is 5.32 Å². The molecular weight excluding hydrogens is 194 g/mol. The number of rotatable bonds is 3. The van der Waals surface area contributed by atoms with Crippen LogP contribution in [0.1, 0.15) is 64.2 Å². The molecule has 1 atom stereocenters. The third-order valence-corrected chi connectivity index (χ3v) is 4.19. The summed E-state index contributed by atoms with van der Waals surface area (Å²) >= 11 is 0. The molecule has 0 amide bonds. The van der Waals surface area contributed by atoms with Crippen LogP contribution in [-0.4, -0.2) is 12.6 Å². The van der Waals surface area contributed by atoms with Crippen molar-refractivity contribution in [3.63, 3.8) is 0 Å². The molecule has 0 aromatic carbocycles. The minimum Gasteiger partial charge on any atom is -0.314 e. The maximum absolute atomic E-state index is 3.82. The van der Waals surface area contributed by atoms with Crippen LogP contribution in [-0.2, 0) is 0 Å². The fraction of sp³-hybridized carbons (Fsp3) is 0.867. The predicted octanol–water partition coefficient (Wildman–Crippen LogP) is 4.05. The second kappa shape index (κ2) is 7.11. The van der Waals surface area contributed by atoms with Crippen molar-refractivity contribution in [2.75, 3.05) is 6.54 Å². The fourth-order valence-corrected chi connectivity index (χ4v) is 3.08. The Kier molecular flexibility index (Phi) is 5.41. The zero-order valence-electron chi connectivity index (χ0n) is 10.6. The Balaban J connectivity index is 1.65. The van der Waals surface area contributed by atoms with Crippen molar-refractivity contribution in [3.8, 4) is 0 Å². The molecule has 0 aliphatic heterocycles. The van der Waals surface area contributed by atoms with E-state index in [1.165, 1.54) is 70.8 Å². The summed E-state index contributed by atoms with van der Waals surface area (Å²) in [6, 6.07) is 0.842. The first-order valence-electron chi connectivity index (χ1n) is 7.33. The summed E-state index contributed by atoms with van der Waals surface area (Å²) in [5, 5.41) is 3.82. The largest absolute Gasteiger partial charge is 0.314 e. The maximum Gasteiger partial charge on any atom is 0.00671 e. The van der Waals surface area contributed by atoms with Crippen LogP contribution in [0, 0.1) is 5.92 Å². The van der Waals surface area contributed by atoms with Gasteiger partial charge in [-0.2, -0.15) is 0 Å². The Morgan fingerprint density at radius 1 is 0.812 bits per heavy atom. The quantitative estimate of drug-likeness (QED) is 0.709. The molecule has 2 aliphatic rings. The van der Waals surface area contributed by atoms with Crippen molar-refractivity contribution < 1.29 is 0 Å². The molecule has 1 unspecified atom stereocenters. The zero-order valence-corrected chi connectivity index (χ0v) is 10.6. The molecular formula is C15H27N. The smallest absolute Gasteiger partial charge is 0.00671 e. The van der Waals surface area contributed by atoms with E-state index in [0.717, 1.165) is 12.0 Å². The highest BCUT2D eigenvalue weighted by Crippen LogP contribution is 2.21. The molecule has 1 heteroatoms. The van der Waals surface area contributed by atoms with Gasteiger partial charge in [0.2, 0.25) is 0 Å². The topological polar surface area (TPSA) is 12.0 Å². The third-order valence-electron chi connectivity index (χ3n) is 4.19. The molecule has 92 valence electrons. The van der Waals surface area contributed by atoms with E-state index in [0.29, 0.717) is 0 Å². The summed E-state index contributed by atoms with van der Waals surface area (Å²) in [5.74, 6) is 0.937. The molecule has 0 radical (unpaired) electrons. The standard InChI is InChI=1S/C15H27N/c1-2-5-9-14(10-6-3-1)13-16-15-11-7-4-8-12-15/h1-2,14-16H,3-13H2/b2-1-. The second-order valence-electron chi connectivity index (χ2n) is 5.59. The van der Waals surface area contributed by atoms with Gasteiger partial charge in [0.1, 0.15) is 0 Å². The lowest BCUT2D eigenvalue weighted by Gasteiger charge is -2.26. The Morgan fingerprint density at radius 2 is 1.62 bits per heavy atom. The highest BCUT2D eigenvalue weighted by molar-refractivity contribution is 4.85. The van der Waals surface area contributed by atoms with Gasteiger partial charge in [0.25, 0.3) is 0 Å². The van der Waals surface area contributed by atoms with Crippen LogP contribution in [0.15, 0.2) is 12.2 Å². The summed E-state index contributed by atoms with van der Waals surface area (Å²) in [5.41, 5.74) is 0. The van der Waals surface area contributed by atoms with E-state index in [2.05, 4.69) is 17.5 Å². The lowest BCUT2D eigenvalue weighted by molar-refractivity contribution is 0.327. The average molecular weight is 221 g/mol. The lowest BCUT2D eigenvalue weighted by atomic mass is 9.92. The van der Waals surface area contributed by atoms with Gasteiger partial charge in [-0.3, -0.25) is 0 Å². The monoisotopic (exact) mass is 221 g/mol. The van der Waals surface area contributed by atoms with Gasteiger partial charge in [-0.25, -0.2) is 0 Å². The Hall–Kier alpha value is -0.300. The molecule has 0 spiro atoms. The van der Waals surface area contributed by atoms with E-state index in [9.17, 15) is 0 Å². The SMILES string of the molecule is C1=C\CCC(CNC2CCCCC2)CCC/1. The predicted molar refractivity (Wildman–Crippen MR) is 70.6 cm³/mol. The highest BCUT2D eigenvalue weighted by Gasteiger charge is 2.15. The van der Waals surface area contributed by atoms with Crippen molar-refractivity contribution in [2.45, 2.75) is 70.3 Å². The Morgan fingerprint density at radius 3 is 2.50 bits per heavy atom. The molecule has 1 nitrogen and oxygen atoms in total. The van der Waals surface area contributed by atoms with Crippen molar-refractivity contribution in [1.82, 2.24) is 5.32 Å². The lowest BCUT2D eigenvalue weighted by Crippen LogP contribution is -2.35. The summed E-state index contributed by atoms with van der Waals surface area (Å²) in [4.78, 5) is 0. The molecule has 1 fully saturated rings. The Labute approximate surface area is 101 Å². The van der Waals surface area contributed by atoms with Crippen LogP contribution >= 0.6 is 0 Å². The van der Waals surface area contributed by atoms with Gasteiger partial charge in [0, 0.05) is 6.04 Å². The zero-order chi connectivity index (χ0) is 11.1. The molecule has 1 saturated carbocycles. The van der Waals surface area contributed by atoms with Crippen molar-refractivity contribution >= 4 is 0 Å². The van der Waals surface area contributed by atoms with Gasteiger partial charge in [-0.1, -0.05) is 31.4 Å². The first-order valence-corrected chi connectivity index (χ1v) is 7.33. The van der Waals surface area contributed by atoms with Gasteiger partial charge in [-0.15, -0.1) is 0 Å². The minimum atomic E-state index is 0.842. The minimum absolute atomic E-state index is 0.842. The van der Waals surface area contributed by atoms with Crippen LogP contribution < -0.4 is 5.32 Å². The fourth-order valence-electron chi connectivity index (χ4n) is 3.08. The van der Waals surface area contributed by atoms with E-state index in [-0.39, 0.29) is 0 Å². The summed E-state index contributed by atoms with van der Waals surface area (Å²) in [6.45, 7) is 1.28. The maximum atomic E-state index is 3.82. The summed E-state index contributed by atoms with van der Waals surface area (Å²) in [7, 11) is 0. The van der Waals surface area contributed by atoms with Crippen molar-refractivity contribution in [3.05, 3.63) is 12.2 Å². The van der Waals surface area contributed by atoms with Crippen LogP contribution in [0.4, 0.5) is 0 Å². The Bertz CT molecular complexity index is 203. The number of hydrogen-bond donors (Lipinski definition) is 1. The third kappa shape index (κ3) is 4.29. The number of allylic oxidation sites excluding steroid dienone is 2. The van der Waals surface area contributed by atoms with Crippen molar-refractivity contribution in [1.29, 1.82) is 0 Å². The van der Waals surface area contributed by atoms with Gasteiger partial charge >= 0.3 is 0 Å². The van der Waals surface area contributed by atoms with E-state index in [4.69, 9.17) is 0 Å². The number of nitrogens with one attached hydrogen (secondary N) is 1. The summed E-state index contributed by atoms with van der Waals surface area (Å²) < 4.78 is 0. The molecule has 1 N–H and O–H groups in total. The molecule has 0 aromatic heterocycles. The first kappa shape index (κ1) is 12.2. The summed E-state index contributed by atoms with van der Waals surface area (Å²) in [6.07, 6.45) is 18.8.